The molecule has 0 radical (unpaired) electrons. The Morgan fingerprint density at radius 1 is 1.00 bits per heavy atom. The van der Waals surface area contributed by atoms with E-state index in [1.54, 1.807) is 23.9 Å². The number of anilines is 2. The molecule has 3 aromatic rings. The molecule has 4 rings (SSSR count). The zero-order valence-electron chi connectivity index (χ0n) is 16.0. The van der Waals surface area contributed by atoms with Gasteiger partial charge in [-0.25, -0.2) is 13.1 Å². The van der Waals surface area contributed by atoms with Gasteiger partial charge in [0.05, 0.1) is 4.90 Å². The molecule has 158 valence electrons. The summed E-state index contributed by atoms with van der Waals surface area (Å²) in [6.45, 7) is 0. The number of rotatable bonds is 7. The van der Waals surface area contributed by atoms with Crippen LogP contribution in [-0.4, -0.2) is 29.9 Å². The maximum Gasteiger partial charge on any atom is 0.240 e. The number of halogens is 1. The van der Waals surface area contributed by atoms with Gasteiger partial charge < -0.3 is 5.32 Å². The molecule has 1 heterocycles. The van der Waals surface area contributed by atoms with Crippen molar-refractivity contribution in [3.63, 3.8) is 0 Å². The lowest BCUT2D eigenvalue weighted by atomic mass is 9.96. The van der Waals surface area contributed by atoms with E-state index in [0.717, 1.165) is 40.8 Å². The van der Waals surface area contributed by atoms with Crippen LogP contribution in [0.5, 0.6) is 0 Å². The van der Waals surface area contributed by atoms with Crippen molar-refractivity contribution in [1.29, 1.82) is 0 Å². The Balaban J connectivity index is 1.43. The van der Waals surface area contributed by atoms with Gasteiger partial charge >= 0.3 is 0 Å². The fourth-order valence-electron chi connectivity index (χ4n) is 3.34. The molecule has 2 atom stereocenters. The first kappa shape index (κ1) is 21.6. The number of hydrogen-bond acceptors (Lipinski definition) is 7. The summed E-state index contributed by atoms with van der Waals surface area (Å²) in [5, 5.41) is 13.1. The summed E-state index contributed by atoms with van der Waals surface area (Å²) in [5.74, 6) is 0. The maximum absolute atomic E-state index is 12.8. The molecule has 0 aliphatic heterocycles. The second-order valence-electron chi connectivity index (χ2n) is 6.99. The molecule has 1 saturated carbocycles. The first-order valence-corrected chi connectivity index (χ1v) is 13.2. The lowest BCUT2D eigenvalue weighted by molar-refractivity contribution is 0.423. The van der Waals surface area contributed by atoms with E-state index in [4.69, 9.17) is 11.6 Å². The lowest BCUT2D eigenvalue weighted by Crippen LogP contribution is -2.43. The molecule has 2 aromatic carbocycles. The van der Waals surface area contributed by atoms with Gasteiger partial charge in [0, 0.05) is 22.0 Å². The number of thioether (sulfide) groups is 1. The van der Waals surface area contributed by atoms with Gasteiger partial charge in [0.25, 0.3) is 0 Å². The molecule has 1 aliphatic rings. The van der Waals surface area contributed by atoms with E-state index >= 15 is 0 Å². The van der Waals surface area contributed by atoms with E-state index in [0.29, 0.717) is 5.02 Å². The molecule has 0 amide bonds. The highest BCUT2D eigenvalue weighted by molar-refractivity contribution is 8.01. The maximum atomic E-state index is 12.8. The van der Waals surface area contributed by atoms with Crippen molar-refractivity contribution in [3.8, 4) is 0 Å². The van der Waals surface area contributed by atoms with Gasteiger partial charge in [-0.1, -0.05) is 65.7 Å². The average molecular weight is 481 g/mol. The molecule has 10 heteroatoms. The monoisotopic (exact) mass is 480 g/mol. The predicted octanol–water partition coefficient (Wildman–Crippen LogP) is 5.32. The van der Waals surface area contributed by atoms with Crippen molar-refractivity contribution < 1.29 is 8.42 Å². The minimum Gasteiger partial charge on any atom is -0.330 e. The van der Waals surface area contributed by atoms with Gasteiger partial charge in [0.15, 0.2) is 4.34 Å². The Kier molecular flexibility index (Phi) is 6.94. The fraction of sp³-hybridized carbons (Fsp3) is 0.300. The van der Waals surface area contributed by atoms with Crippen molar-refractivity contribution in [2.24, 2.45) is 0 Å². The summed E-state index contributed by atoms with van der Waals surface area (Å²) in [7, 11) is -3.60. The van der Waals surface area contributed by atoms with E-state index < -0.39 is 10.0 Å². The Labute approximate surface area is 189 Å². The first-order valence-electron chi connectivity index (χ1n) is 9.60. The lowest BCUT2D eigenvalue weighted by Gasteiger charge is -2.30. The summed E-state index contributed by atoms with van der Waals surface area (Å²) in [6, 6.07) is 15.9. The van der Waals surface area contributed by atoms with Crippen LogP contribution in [0.3, 0.4) is 0 Å². The predicted molar refractivity (Wildman–Crippen MR) is 123 cm³/mol. The smallest absolute Gasteiger partial charge is 0.240 e. The van der Waals surface area contributed by atoms with Crippen molar-refractivity contribution in [2.75, 3.05) is 5.32 Å². The van der Waals surface area contributed by atoms with E-state index in [9.17, 15) is 8.42 Å². The summed E-state index contributed by atoms with van der Waals surface area (Å²) in [6.07, 6.45) is 3.81. The van der Waals surface area contributed by atoms with Crippen LogP contribution in [0.1, 0.15) is 25.7 Å². The second kappa shape index (κ2) is 9.65. The van der Waals surface area contributed by atoms with E-state index in [1.807, 2.05) is 30.3 Å². The SMILES string of the molecule is O=S(=O)(N[C@@H]1CCCC[C@@H]1Sc1nnc(Nc2ccccc2)s1)c1ccc(Cl)cc1. The third-order valence-electron chi connectivity index (χ3n) is 4.82. The molecule has 0 spiro atoms. The molecule has 2 N–H and O–H groups in total. The van der Waals surface area contributed by atoms with E-state index in [-0.39, 0.29) is 16.2 Å². The molecule has 6 nitrogen and oxygen atoms in total. The Hall–Kier alpha value is -1.65. The van der Waals surface area contributed by atoms with Gasteiger partial charge in [-0.15, -0.1) is 10.2 Å². The van der Waals surface area contributed by atoms with Gasteiger partial charge in [-0.3, -0.25) is 0 Å². The number of nitrogens with one attached hydrogen (secondary N) is 2. The molecule has 1 aromatic heterocycles. The number of sulfonamides is 1. The topological polar surface area (TPSA) is 84.0 Å². The van der Waals surface area contributed by atoms with Gasteiger partial charge in [0.2, 0.25) is 15.2 Å². The quantitative estimate of drug-likeness (QED) is 0.476. The van der Waals surface area contributed by atoms with Crippen molar-refractivity contribution >= 4 is 55.5 Å². The zero-order valence-corrected chi connectivity index (χ0v) is 19.2. The summed E-state index contributed by atoms with van der Waals surface area (Å²) in [4.78, 5) is 0.228. The Morgan fingerprint density at radius 2 is 1.73 bits per heavy atom. The standard InChI is InChI=1S/C20H21ClN4O2S3/c21-14-10-12-16(13-11-14)30(26,27)25-17-8-4-5-9-18(17)28-20-24-23-19(29-20)22-15-6-2-1-3-7-15/h1-3,6-7,10-13,17-18,25H,4-5,8-9H2,(H,22,23)/t17-,18+/m1/s1. The molecular formula is C20H21ClN4O2S3. The number of para-hydroxylation sites is 1. The van der Waals surface area contributed by atoms with Crippen molar-refractivity contribution in [1.82, 2.24) is 14.9 Å². The molecular weight excluding hydrogens is 460 g/mol. The van der Waals surface area contributed by atoms with E-state index in [2.05, 4.69) is 20.2 Å². The van der Waals surface area contributed by atoms with Crippen LogP contribution < -0.4 is 10.0 Å². The number of hydrogen-bond donors (Lipinski definition) is 2. The first-order chi connectivity index (χ1) is 14.5. The summed E-state index contributed by atoms with van der Waals surface area (Å²) in [5.41, 5.74) is 0.955. The zero-order chi connectivity index (χ0) is 21.0. The summed E-state index contributed by atoms with van der Waals surface area (Å²) < 4.78 is 29.4. The third kappa shape index (κ3) is 5.53. The van der Waals surface area contributed by atoms with Gasteiger partial charge in [-0.2, -0.15) is 0 Å². The van der Waals surface area contributed by atoms with Crippen LogP contribution in [-0.2, 0) is 10.0 Å². The molecule has 0 saturated heterocycles. The van der Waals surface area contributed by atoms with Gasteiger partial charge in [0.1, 0.15) is 0 Å². The Morgan fingerprint density at radius 3 is 2.50 bits per heavy atom. The van der Waals surface area contributed by atoms with Crippen LogP contribution in [0.15, 0.2) is 63.8 Å². The van der Waals surface area contributed by atoms with Crippen LogP contribution >= 0.6 is 34.7 Å². The molecule has 0 bridgehead atoms. The molecule has 1 fully saturated rings. The largest absolute Gasteiger partial charge is 0.330 e. The minimum absolute atomic E-state index is 0.110. The highest BCUT2D eigenvalue weighted by Gasteiger charge is 2.31. The van der Waals surface area contributed by atoms with Crippen molar-refractivity contribution in [3.05, 3.63) is 59.6 Å². The number of aromatic nitrogens is 2. The molecule has 30 heavy (non-hydrogen) atoms. The summed E-state index contributed by atoms with van der Waals surface area (Å²) >= 11 is 8.96. The van der Waals surface area contributed by atoms with Crippen LogP contribution in [0.25, 0.3) is 0 Å². The normalized spacial score (nSPS) is 19.5. The highest BCUT2D eigenvalue weighted by atomic mass is 35.5. The third-order valence-corrected chi connectivity index (χ3v) is 8.90. The number of benzene rings is 2. The minimum atomic E-state index is -3.60. The van der Waals surface area contributed by atoms with Crippen LogP contribution in [0.4, 0.5) is 10.8 Å². The fourth-order valence-corrected chi connectivity index (χ4v) is 7.16. The van der Waals surface area contributed by atoms with E-state index in [1.165, 1.54) is 23.5 Å². The van der Waals surface area contributed by atoms with Crippen molar-refractivity contribution in [2.45, 2.75) is 46.2 Å². The molecule has 1 aliphatic carbocycles. The molecule has 0 unspecified atom stereocenters. The number of nitrogens with zero attached hydrogens (tertiary/aromatic N) is 2. The average Bonchev–Trinajstić information content (AvgIpc) is 3.17. The van der Waals surface area contributed by atoms with Crippen LogP contribution in [0.2, 0.25) is 5.02 Å². The van der Waals surface area contributed by atoms with Gasteiger partial charge in [-0.05, 0) is 49.2 Å². The Bertz CT molecular complexity index is 1070. The second-order valence-corrected chi connectivity index (χ2v) is 11.6. The highest BCUT2D eigenvalue weighted by Crippen LogP contribution is 2.37. The van der Waals surface area contributed by atoms with Crippen LogP contribution in [0, 0.1) is 0 Å².